The monoisotopic (exact) mass is 418 g/mol. The van der Waals surface area contributed by atoms with Crippen molar-refractivity contribution in [2.24, 2.45) is 7.05 Å². The van der Waals surface area contributed by atoms with Gasteiger partial charge in [0.15, 0.2) is 0 Å². The van der Waals surface area contributed by atoms with Crippen molar-refractivity contribution < 1.29 is 13.2 Å². The molecule has 1 fully saturated rings. The van der Waals surface area contributed by atoms with Gasteiger partial charge in [-0.2, -0.15) is 4.31 Å². The molecule has 3 rings (SSSR count). The van der Waals surface area contributed by atoms with Gasteiger partial charge in [0.25, 0.3) is 0 Å². The quantitative estimate of drug-likeness (QED) is 0.715. The first-order valence-electron chi connectivity index (χ1n) is 10.1. The van der Waals surface area contributed by atoms with Crippen molar-refractivity contribution in [1.29, 1.82) is 0 Å². The third-order valence-electron chi connectivity index (χ3n) is 5.50. The normalized spacial score (nSPS) is 17.7. The largest absolute Gasteiger partial charge is 0.353 e. The number of aromatic nitrogens is 1. The van der Waals surface area contributed by atoms with Gasteiger partial charge in [0.05, 0.1) is 17.5 Å². The molecule has 7 nitrogen and oxygen atoms in total. The number of anilines is 1. The van der Waals surface area contributed by atoms with Crippen molar-refractivity contribution in [3.05, 3.63) is 48.3 Å². The lowest BCUT2D eigenvalue weighted by atomic mass is 10.1. The molecule has 1 aliphatic rings. The number of likely N-dealkylation sites (tertiary alicyclic amines) is 1. The minimum Gasteiger partial charge on any atom is -0.353 e. The van der Waals surface area contributed by atoms with Gasteiger partial charge in [-0.05, 0) is 49.7 Å². The highest BCUT2D eigenvalue weighted by atomic mass is 32.2. The van der Waals surface area contributed by atoms with Crippen molar-refractivity contribution in [3.8, 4) is 0 Å². The number of hydrogen-bond donors (Lipinski definition) is 1. The summed E-state index contributed by atoms with van der Waals surface area (Å²) in [6, 6.07) is 10.8. The minimum absolute atomic E-state index is 0.136. The standard InChI is InChI=1S/C21H30N4O3S/c1-4-25(5-2)29(27,28)18-10-6-9-17(15-18)22-21(26)16-24-14-8-12-20(24)19-11-7-13-23(19)3/h6-7,9-11,13,15,20H,4-5,8,12,14,16H2,1-3H3,(H,22,26)/t20-/m1/s1. The summed E-state index contributed by atoms with van der Waals surface area (Å²) < 4.78 is 28.9. The molecule has 0 aliphatic carbocycles. The topological polar surface area (TPSA) is 74.7 Å². The number of nitrogens with zero attached hydrogens (tertiary/aromatic N) is 3. The van der Waals surface area contributed by atoms with E-state index in [1.54, 1.807) is 18.2 Å². The van der Waals surface area contributed by atoms with E-state index < -0.39 is 10.0 Å². The smallest absolute Gasteiger partial charge is 0.243 e. The lowest BCUT2D eigenvalue weighted by Gasteiger charge is -2.24. The van der Waals surface area contributed by atoms with E-state index >= 15 is 0 Å². The summed E-state index contributed by atoms with van der Waals surface area (Å²) >= 11 is 0. The van der Waals surface area contributed by atoms with Gasteiger partial charge in [-0.1, -0.05) is 19.9 Å². The van der Waals surface area contributed by atoms with E-state index in [0.717, 1.165) is 19.4 Å². The van der Waals surface area contributed by atoms with Crippen LogP contribution in [-0.2, 0) is 21.9 Å². The van der Waals surface area contributed by atoms with E-state index in [-0.39, 0.29) is 23.4 Å². The van der Waals surface area contributed by atoms with E-state index in [0.29, 0.717) is 18.8 Å². The maximum Gasteiger partial charge on any atom is 0.243 e. The van der Waals surface area contributed by atoms with E-state index in [9.17, 15) is 13.2 Å². The average Bonchev–Trinajstić information content (AvgIpc) is 3.31. The van der Waals surface area contributed by atoms with Crippen molar-refractivity contribution in [2.45, 2.75) is 37.6 Å². The predicted octanol–water partition coefficient (Wildman–Crippen LogP) is 2.83. The van der Waals surface area contributed by atoms with E-state index in [4.69, 9.17) is 0 Å². The zero-order valence-corrected chi connectivity index (χ0v) is 18.2. The Morgan fingerprint density at radius 1 is 1.21 bits per heavy atom. The first-order chi connectivity index (χ1) is 13.9. The van der Waals surface area contributed by atoms with Gasteiger partial charge in [-0.15, -0.1) is 0 Å². The maximum atomic E-state index is 12.7. The van der Waals surface area contributed by atoms with Crippen molar-refractivity contribution in [1.82, 2.24) is 13.8 Å². The van der Waals surface area contributed by atoms with Crippen LogP contribution in [0.15, 0.2) is 47.5 Å². The fourth-order valence-electron chi connectivity index (χ4n) is 4.00. The number of hydrogen-bond acceptors (Lipinski definition) is 4. The highest BCUT2D eigenvalue weighted by Crippen LogP contribution is 2.31. The van der Waals surface area contributed by atoms with Crippen LogP contribution < -0.4 is 5.32 Å². The molecular weight excluding hydrogens is 388 g/mol. The molecule has 1 N–H and O–H groups in total. The first-order valence-corrected chi connectivity index (χ1v) is 11.6. The van der Waals surface area contributed by atoms with Gasteiger partial charge in [-0.3, -0.25) is 9.69 Å². The van der Waals surface area contributed by atoms with Crippen molar-refractivity contribution in [2.75, 3.05) is 31.5 Å². The molecule has 0 bridgehead atoms. The molecule has 1 aromatic carbocycles. The van der Waals surface area contributed by atoms with Crippen LogP contribution in [0.1, 0.15) is 38.4 Å². The van der Waals surface area contributed by atoms with Crippen molar-refractivity contribution >= 4 is 21.6 Å². The van der Waals surface area contributed by atoms with Crippen LogP contribution in [0, 0.1) is 0 Å². The van der Waals surface area contributed by atoms with Crippen LogP contribution in [0.2, 0.25) is 0 Å². The second-order valence-corrected chi connectivity index (χ2v) is 9.28. The van der Waals surface area contributed by atoms with Gasteiger partial charge >= 0.3 is 0 Å². The molecule has 1 atom stereocenters. The fourth-order valence-corrected chi connectivity index (χ4v) is 5.51. The molecule has 2 heterocycles. The second-order valence-electron chi connectivity index (χ2n) is 7.34. The van der Waals surface area contributed by atoms with Crippen LogP contribution >= 0.6 is 0 Å². The van der Waals surface area contributed by atoms with Gasteiger partial charge in [0.2, 0.25) is 15.9 Å². The van der Waals surface area contributed by atoms with Crippen LogP contribution in [0.25, 0.3) is 0 Å². The number of aryl methyl sites for hydroxylation is 1. The van der Waals surface area contributed by atoms with E-state index in [1.807, 2.05) is 33.2 Å². The number of benzene rings is 1. The molecule has 0 spiro atoms. The number of amides is 1. The fraction of sp³-hybridized carbons (Fsp3) is 0.476. The summed E-state index contributed by atoms with van der Waals surface area (Å²) in [6.45, 7) is 5.59. The second kappa shape index (κ2) is 9.11. The zero-order valence-electron chi connectivity index (χ0n) is 17.3. The Bertz CT molecular complexity index is 950. The predicted molar refractivity (Wildman–Crippen MR) is 114 cm³/mol. The lowest BCUT2D eigenvalue weighted by Crippen LogP contribution is -2.33. The third kappa shape index (κ3) is 4.71. The molecule has 158 valence electrons. The first kappa shape index (κ1) is 21.5. The maximum absolute atomic E-state index is 12.7. The summed E-state index contributed by atoms with van der Waals surface area (Å²) in [5.41, 5.74) is 1.71. The molecule has 29 heavy (non-hydrogen) atoms. The van der Waals surface area contributed by atoms with Crippen LogP contribution in [0.4, 0.5) is 5.69 Å². The Balaban J connectivity index is 1.69. The van der Waals surface area contributed by atoms with Crippen LogP contribution in [-0.4, -0.2) is 54.3 Å². The Kier molecular flexibility index (Phi) is 6.77. The van der Waals surface area contributed by atoms with Crippen molar-refractivity contribution in [3.63, 3.8) is 0 Å². The summed E-state index contributed by atoms with van der Waals surface area (Å²) in [7, 11) is -1.53. The van der Waals surface area contributed by atoms with Gasteiger partial charge in [0.1, 0.15) is 0 Å². The zero-order chi connectivity index (χ0) is 21.0. The van der Waals surface area contributed by atoms with Gasteiger partial charge in [-0.25, -0.2) is 8.42 Å². The molecule has 0 saturated carbocycles. The Hall–Kier alpha value is -2.16. The lowest BCUT2D eigenvalue weighted by molar-refractivity contribution is -0.117. The third-order valence-corrected chi connectivity index (χ3v) is 7.54. The number of carbonyl (C=O) groups excluding carboxylic acids is 1. The molecule has 8 heteroatoms. The van der Waals surface area contributed by atoms with Crippen LogP contribution in [0.5, 0.6) is 0 Å². The molecule has 1 amide bonds. The average molecular weight is 419 g/mol. The number of sulfonamides is 1. The SMILES string of the molecule is CCN(CC)S(=O)(=O)c1cccc(NC(=O)CN2CCC[C@@H]2c2cccn2C)c1. The van der Waals surface area contributed by atoms with Crippen LogP contribution in [0.3, 0.4) is 0 Å². The Labute approximate surface area is 173 Å². The summed E-state index contributed by atoms with van der Waals surface area (Å²) in [5, 5.41) is 2.87. The summed E-state index contributed by atoms with van der Waals surface area (Å²) in [6.07, 6.45) is 4.11. The molecule has 0 unspecified atom stereocenters. The van der Waals surface area contributed by atoms with Gasteiger partial charge < -0.3 is 9.88 Å². The molecular formula is C21H30N4O3S. The van der Waals surface area contributed by atoms with E-state index in [1.165, 1.54) is 16.1 Å². The molecule has 2 aromatic rings. The van der Waals surface area contributed by atoms with Gasteiger partial charge in [0, 0.05) is 37.7 Å². The molecule has 1 aromatic heterocycles. The Morgan fingerprint density at radius 3 is 2.62 bits per heavy atom. The number of rotatable bonds is 8. The molecule has 0 radical (unpaired) electrons. The summed E-state index contributed by atoms with van der Waals surface area (Å²) in [5.74, 6) is -0.136. The minimum atomic E-state index is -3.56. The highest BCUT2D eigenvalue weighted by Gasteiger charge is 2.29. The summed E-state index contributed by atoms with van der Waals surface area (Å²) in [4.78, 5) is 15.0. The number of carbonyl (C=O) groups is 1. The van der Waals surface area contributed by atoms with E-state index in [2.05, 4.69) is 20.9 Å². The molecule has 1 saturated heterocycles. The highest BCUT2D eigenvalue weighted by molar-refractivity contribution is 7.89. The molecule has 1 aliphatic heterocycles. The number of nitrogens with one attached hydrogen (secondary N) is 1. The Morgan fingerprint density at radius 2 is 1.97 bits per heavy atom.